The maximum absolute atomic E-state index is 5.89. The summed E-state index contributed by atoms with van der Waals surface area (Å²) in [6.07, 6.45) is 3.28. The Morgan fingerprint density at radius 2 is 2.09 bits per heavy atom. The van der Waals surface area contributed by atoms with Crippen LogP contribution in [0, 0.1) is 17.8 Å². The Kier molecular flexibility index (Phi) is 5.97. The minimum absolute atomic E-state index is 0.266. The van der Waals surface area contributed by atoms with Crippen LogP contribution < -0.4 is 5.73 Å². The van der Waals surface area contributed by atoms with Crippen molar-refractivity contribution in [3.05, 3.63) is 0 Å². The molecule has 0 saturated heterocycles. The van der Waals surface area contributed by atoms with Crippen molar-refractivity contribution in [2.24, 2.45) is 11.7 Å². The van der Waals surface area contributed by atoms with Crippen LogP contribution in [0.5, 0.6) is 0 Å². The number of hydrogen-bond acceptors (Lipinski definition) is 1. The third kappa shape index (κ3) is 4.86. The highest BCUT2D eigenvalue weighted by atomic mass is 14.6. The van der Waals surface area contributed by atoms with Gasteiger partial charge in [-0.2, -0.15) is 0 Å². The average molecular weight is 153 g/mol. The topological polar surface area (TPSA) is 26.0 Å². The second kappa shape index (κ2) is 6.24. The van der Waals surface area contributed by atoms with Gasteiger partial charge < -0.3 is 5.73 Å². The highest BCUT2D eigenvalue weighted by molar-refractivity contribution is 4.98. The molecule has 2 unspecified atom stereocenters. The van der Waals surface area contributed by atoms with Gasteiger partial charge in [-0.05, 0) is 19.3 Å². The molecule has 0 aromatic heterocycles. The molecule has 0 saturated carbocycles. The van der Waals surface area contributed by atoms with Gasteiger partial charge in [0.05, 0.1) is 0 Å². The van der Waals surface area contributed by atoms with E-state index in [1.807, 2.05) is 6.92 Å². The van der Waals surface area contributed by atoms with Crippen molar-refractivity contribution in [3.63, 3.8) is 0 Å². The molecule has 0 aliphatic heterocycles. The Morgan fingerprint density at radius 1 is 1.45 bits per heavy atom. The lowest BCUT2D eigenvalue weighted by atomic mass is 9.95. The molecule has 0 rings (SSSR count). The molecular weight excluding hydrogens is 134 g/mol. The molecule has 11 heavy (non-hydrogen) atoms. The molecule has 1 nitrogen and oxygen atoms in total. The smallest absolute Gasteiger partial charge is 0.0243 e. The van der Waals surface area contributed by atoms with Crippen LogP contribution in [-0.2, 0) is 0 Å². The molecule has 0 fully saturated rings. The van der Waals surface area contributed by atoms with Crippen LogP contribution in [0.4, 0.5) is 0 Å². The second-order valence-electron chi connectivity index (χ2n) is 3.06. The molecule has 64 valence electrons. The minimum Gasteiger partial charge on any atom is -0.327 e. The molecule has 0 radical (unpaired) electrons. The van der Waals surface area contributed by atoms with E-state index in [2.05, 4.69) is 25.7 Å². The van der Waals surface area contributed by atoms with Crippen LogP contribution in [0.1, 0.15) is 40.0 Å². The highest BCUT2D eigenvalue weighted by Crippen LogP contribution is 2.10. The van der Waals surface area contributed by atoms with Crippen LogP contribution in [0.25, 0.3) is 0 Å². The normalized spacial score (nSPS) is 14.9. The Balaban J connectivity index is 3.59. The van der Waals surface area contributed by atoms with Gasteiger partial charge in [-0.25, -0.2) is 0 Å². The summed E-state index contributed by atoms with van der Waals surface area (Å²) >= 11 is 0. The molecule has 0 aliphatic rings. The molecule has 0 aliphatic carbocycles. The molecule has 0 spiro atoms. The summed E-state index contributed by atoms with van der Waals surface area (Å²) in [7, 11) is 0. The van der Waals surface area contributed by atoms with Crippen LogP contribution in [0.2, 0.25) is 0 Å². The van der Waals surface area contributed by atoms with Gasteiger partial charge >= 0.3 is 0 Å². The monoisotopic (exact) mass is 153 g/mol. The van der Waals surface area contributed by atoms with E-state index in [4.69, 9.17) is 5.73 Å². The highest BCUT2D eigenvalue weighted by Gasteiger charge is 2.09. The molecule has 0 heterocycles. The van der Waals surface area contributed by atoms with E-state index in [9.17, 15) is 0 Å². The van der Waals surface area contributed by atoms with Gasteiger partial charge in [0.1, 0.15) is 0 Å². The summed E-state index contributed by atoms with van der Waals surface area (Å²) in [6.45, 7) is 6.25. The third-order valence-electron chi connectivity index (χ3n) is 1.99. The predicted octanol–water partition coefficient (Wildman–Crippen LogP) is 2.16. The lowest BCUT2D eigenvalue weighted by Crippen LogP contribution is -2.27. The van der Waals surface area contributed by atoms with E-state index >= 15 is 0 Å². The van der Waals surface area contributed by atoms with E-state index < -0.39 is 0 Å². The first kappa shape index (κ1) is 10.5. The van der Waals surface area contributed by atoms with Crippen molar-refractivity contribution < 1.29 is 0 Å². The molecule has 0 aromatic rings. The summed E-state index contributed by atoms with van der Waals surface area (Å²) in [4.78, 5) is 0. The number of hydrogen-bond donors (Lipinski definition) is 1. The van der Waals surface area contributed by atoms with Crippen LogP contribution in [0.15, 0.2) is 0 Å². The van der Waals surface area contributed by atoms with Crippen molar-refractivity contribution >= 4 is 0 Å². The molecule has 0 aromatic carbocycles. The zero-order valence-corrected chi connectivity index (χ0v) is 7.85. The maximum atomic E-state index is 5.89. The van der Waals surface area contributed by atoms with Gasteiger partial charge in [0, 0.05) is 12.5 Å². The summed E-state index contributed by atoms with van der Waals surface area (Å²) < 4.78 is 0. The first-order valence-electron chi connectivity index (χ1n) is 4.37. The zero-order chi connectivity index (χ0) is 8.69. The van der Waals surface area contributed by atoms with Gasteiger partial charge in [0.15, 0.2) is 0 Å². The van der Waals surface area contributed by atoms with Crippen LogP contribution in [0.3, 0.4) is 0 Å². The summed E-state index contributed by atoms with van der Waals surface area (Å²) in [5.74, 6) is 6.49. The molecular formula is C10H19N. The summed E-state index contributed by atoms with van der Waals surface area (Å²) in [5, 5.41) is 0. The Hall–Kier alpha value is -0.480. The van der Waals surface area contributed by atoms with Crippen molar-refractivity contribution in [1.82, 2.24) is 0 Å². The fourth-order valence-corrected chi connectivity index (χ4v) is 1.09. The number of rotatable bonds is 4. The molecule has 1 heteroatoms. The zero-order valence-electron chi connectivity index (χ0n) is 7.85. The Bertz CT molecular complexity index is 141. The lowest BCUT2D eigenvalue weighted by molar-refractivity contribution is 0.428. The summed E-state index contributed by atoms with van der Waals surface area (Å²) in [6, 6.07) is 0.266. The first-order valence-corrected chi connectivity index (χ1v) is 4.37. The Labute approximate surface area is 70.4 Å². The molecule has 2 atom stereocenters. The largest absolute Gasteiger partial charge is 0.327 e. The standard InChI is InChI=1S/C10H19N/c1-4-6-8-10(11)9(3)7-5-2/h9-10H,5,7-8,11H2,1-3H3. The molecule has 0 amide bonds. The van der Waals surface area contributed by atoms with Crippen molar-refractivity contribution in [2.45, 2.75) is 46.1 Å². The van der Waals surface area contributed by atoms with Gasteiger partial charge in [0.25, 0.3) is 0 Å². The SMILES string of the molecule is CC#CCC(N)C(C)CCC. The fraction of sp³-hybridized carbons (Fsp3) is 0.800. The van der Waals surface area contributed by atoms with Crippen molar-refractivity contribution in [2.75, 3.05) is 0 Å². The summed E-state index contributed by atoms with van der Waals surface area (Å²) in [5.41, 5.74) is 5.89. The Morgan fingerprint density at radius 3 is 2.55 bits per heavy atom. The van der Waals surface area contributed by atoms with E-state index in [0.717, 1.165) is 6.42 Å². The average Bonchev–Trinajstić information content (AvgIpc) is 2.00. The van der Waals surface area contributed by atoms with Gasteiger partial charge in [-0.15, -0.1) is 11.8 Å². The quantitative estimate of drug-likeness (QED) is 0.615. The van der Waals surface area contributed by atoms with Gasteiger partial charge in [-0.1, -0.05) is 20.3 Å². The van der Waals surface area contributed by atoms with E-state index in [-0.39, 0.29) is 6.04 Å². The van der Waals surface area contributed by atoms with E-state index in [1.54, 1.807) is 0 Å². The minimum atomic E-state index is 0.266. The molecule has 2 N–H and O–H groups in total. The predicted molar refractivity (Wildman–Crippen MR) is 50.1 cm³/mol. The fourth-order valence-electron chi connectivity index (χ4n) is 1.09. The molecule has 0 bridgehead atoms. The van der Waals surface area contributed by atoms with Crippen molar-refractivity contribution in [1.29, 1.82) is 0 Å². The van der Waals surface area contributed by atoms with E-state index in [1.165, 1.54) is 12.8 Å². The maximum Gasteiger partial charge on any atom is 0.0243 e. The van der Waals surface area contributed by atoms with Crippen LogP contribution in [-0.4, -0.2) is 6.04 Å². The van der Waals surface area contributed by atoms with Gasteiger partial charge in [0.2, 0.25) is 0 Å². The second-order valence-corrected chi connectivity index (χ2v) is 3.06. The van der Waals surface area contributed by atoms with Crippen LogP contribution >= 0.6 is 0 Å². The lowest BCUT2D eigenvalue weighted by Gasteiger charge is -2.16. The first-order chi connectivity index (χ1) is 5.22. The van der Waals surface area contributed by atoms with Crippen molar-refractivity contribution in [3.8, 4) is 11.8 Å². The van der Waals surface area contributed by atoms with E-state index in [0.29, 0.717) is 5.92 Å². The van der Waals surface area contributed by atoms with Gasteiger partial charge in [-0.3, -0.25) is 0 Å². The number of nitrogens with two attached hydrogens (primary N) is 1. The third-order valence-corrected chi connectivity index (χ3v) is 1.99.